The van der Waals surface area contributed by atoms with Gasteiger partial charge in [-0.25, -0.2) is 17.9 Å². The van der Waals surface area contributed by atoms with E-state index in [-0.39, 0.29) is 29.4 Å². The Bertz CT molecular complexity index is 645. The second kappa shape index (κ2) is 6.85. The van der Waals surface area contributed by atoms with Crippen molar-refractivity contribution in [2.45, 2.75) is 4.90 Å². The number of sulfonamides is 1. The van der Waals surface area contributed by atoms with E-state index in [2.05, 4.69) is 14.8 Å². The van der Waals surface area contributed by atoms with E-state index >= 15 is 0 Å². The number of primary amides is 1. The van der Waals surface area contributed by atoms with Crippen molar-refractivity contribution in [1.82, 2.24) is 4.72 Å². The first-order valence-corrected chi connectivity index (χ1v) is 7.14. The van der Waals surface area contributed by atoms with Crippen molar-refractivity contribution in [2.75, 3.05) is 25.5 Å². The molecule has 0 aliphatic heterocycles. The summed E-state index contributed by atoms with van der Waals surface area (Å²) in [6, 6.07) is 3.33. The number of nitro benzene ring substituents is 1. The molecule has 0 bridgehead atoms. The number of nitrogens with two attached hydrogens (primary N) is 1. The Morgan fingerprint density at radius 2 is 2.14 bits per heavy atom. The first-order chi connectivity index (χ1) is 9.77. The number of amides is 1. The molecule has 0 aliphatic rings. The number of benzene rings is 1. The van der Waals surface area contributed by atoms with Crippen LogP contribution in [0, 0.1) is 10.1 Å². The van der Waals surface area contributed by atoms with Crippen LogP contribution in [-0.4, -0.2) is 39.6 Å². The Morgan fingerprint density at radius 3 is 2.67 bits per heavy atom. The quantitative estimate of drug-likeness (QED) is 0.363. The summed E-state index contributed by atoms with van der Waals surface area (Å²) in [5, 5.41) is 13.3. The molecule has 10 nitrogen and oxygen atoms in total. The molecular weight excluding hydrogens is 304 g/mol. The van der Waals surface area contributed by atoms with Crippen molar-refractivity contribution in [3.8, 4) is 0 Å². The molecule has 21 heavy (non-hydrogen) atoms. The molecule has 0 aromatic heterocycles. The van der Waals surface area contributed by atoms with Crippen LogP contribution in [0.1, 0.15) is 0 Å². The molecule has 0 radical (unpaired) electrons. The third-order valence-corrected chi connectivity index (χ3v) is 3.84. The predicted octanol–water partition coefficient (Wildman–Crippen LogP) is 0.0101. The Labute approximate surface area is 120 Å². The summed E-state index contributed by atoms with van der Waals surface area (Å²) in [6.45, 7) is -0.391. The molecule has 4 N–H and O–H groups in total. The molecule has 0 aliphatic carbocycles. The average molecular weight is 318 g/mol. The first kappa shape index (κ1) is 16.7. The van der Waals surface area contributed by atoms with Crippen LogP contribution in [-0.2, 0) is 14.8 Å². The second-order valence-corrected chi connectivity index (χ2v) is 5.52. The van der Waals surface area contributed by atoms with E-state index in [1.54, 1.807) is 0 Å². The number of hydrogen-bond acceptors (Lipinski definition) is 7. The summed E-state index contributed by atoms with van der Waals surface area (Å²) in [7, 11) is -2.44. The van der Waals surface area contributed by atoms with Crippen molar-refractivity contribution in [1.29, 1.82) is 0 Å². The Kier molecular flexibility index (Phi) is 5.44. The number of nitrogens with one attached hydrogen (secondary N) is 2. The van der Waals surface area contributed by atoms with Gasteiger partial charge in [0.15, 0.2) is 0 Å². The number of nitrogens with zero attached hydrogens (tertiary/aromatic N) is 1. The highest BCUT2D eigenvalue weighted by Crippen LogP contribution is 2.26. The van der Waals surface area contributed by atoms with Gasteiger partial charge in [0.2, 0.25) is 10.0 Å². The predicted molar refractivity (Wildman–Crippen MR) is 73.4 cm³/mol. The van der Waals surface area contributed by atoms with Gasteiger partial charge in [0.05, 0.1) is 9.82 Å². The van der Waals surface area contributed by atoms with E-state index < -0.39 is 21.0 Å². The van der Waals surface area contributed by atoms with Gasteiger partial charge >= 0.3 is 6.09 Å². The summed E-state index contributed by atoms with van der Waals surface area (Å²) in [5.41, 5.74) is 4.55. The third-order valence-electron chi connectivity index (χ3n) is 2.38. The van der Waals surface area contributed by atoms with E-state index in [9.17, 15) is 23.3 Å². The van der Waals surface area contributed by atoms with E-state index in [1.807, 2.05) is 0 Å². The van der Waals surface area contributed by atoms with Gasteiger partial charge in [-0.15, -0.1) is 0 Å². The summed E-state index contributed by atoms with van der Waals surface area (Å²) < 4.78 is 30.4. The van der Waals surface area contributed by atoms with Crippen molar-refractivity contribution in [3.05, 3.63) is 28.3 Å². The number of rotatable bonds is 7. The average Bonchev–Trinajstić information content (AvgIpc) is 2.42. The van der Waals surface area contributed by atoms with Crippen LogP contribution in [0.15, 0.2) is 23.1 Å². The number of carbonyl (C=O) groups is 1. The topological polar surface area (TPSA) is 154 Å². The standard InChI is InChI=1S/C10H14N4O6S/c1-12-8-6-7(2-3-9(8)14(16)17)21(18,19)13-4-5-20-10(11)15/h2-3,6,12-13H,4-5H2,1H3,(H2,11,15). The van der Waals surface area contributed by atoms with Gasteiger partial charge in [-0.3, -0.25) is 10.1 Å². The van der Waals surface area contributed by atoms with Gasteiger partial charge < -0.3 is 15.8 Å². The zero-order valence-corrected chi connectivity index (χ0v) is 11.8. The van der Waals surface area contributed by atoms with Gasteiger partial charge in [-0.1, -0.05) is 0 Å². The van der Waals surface area contributed by atoms with Crippen LogP contribution < -0.4 is 15.8 Å². The maximum atomic E-state index is 11.9. The molecule has 1 aromatic rings. The molecule has 0 saturated carbocycles. The Hall–Kier alpha value is -2.40. The first-order valence-electron chi connectivity index (χ1n) is 5.66. The Balaban J connectivity index is 2.88. The molecule has 0 fully saturated rings. The normalized spacial score (nSPS) is 10.9. The number of anilines is 1. The minimum absolute atomic E-state index is 0.0660. The van der Waals surface area contributed by atoms with Crippen LogP contribution in [0.25, 0.3) is 0 Å². The molecule has 0 atom stereocenters. The van der Waals surface area contributed by atoms with Crippen molar-refractivity contribution >= 4 is 27.5 Å². The SMILES string of the molecule is CNc1cc(S(=O)(=O)NCCOC(N)=O)ccc1[N+](=O)[O-]. The molecule has 1 aromatic carbocycles. The largest absolute Gasteiger partial charge is 0.448 e. The zero-order valence-electron chi connectivity index (χ0n) is 11.0. The fraction of sp³-hybridized carbons (Fsp3) is 0.300. The van der Waals surface area contributed by atoms with E-state index in [0.29, 0.717) is 0 Å². The smallest absolute Gasteiger partial charge is 0.404 e. The maximum Gasteiger partial charge on any atom is 0.404 e. The highest BCUT2D eigenvalue weighted by atomic mass is 32.2. The number of carbonyl (C=O) groups excluding carboxylic acids is 1. The van der Waals surface area contributed by atoms with Crippen LogP contribution in [0.3, 0.4) is 0 Å². The maximum absolute atomic E-state index is 11.9. The van der Waals surface area contributed by atoms with Crippen LogP contribution in [0.5, 0.6) is 0 Å². The molecule has 0 heterocycles. The zero-order chi connectivity index (χ0) is 16.0. The van der Waals surface area contributed by atoms with E-state index in [4.69, 9.17) is 5.73 Å². The summed E-state index contributed by atoms with van der Waals surface area (Å²) in [4.78, 5) is 20.3. The van der Waals surface area contributed by atoms with Gasteiger partial charge in [-0.2, -0.15) is 0 Å². The summed E-state index contributed by atoms with van der Waals surface area (Å²) >= 11 is 0. The van der Waals surface area contributed by atoms with Gasteiger partial charge in [0.25, 0.3) is 5.69 Å². The van der Waals surface area contributed by atoms with Gasteiger partial charge in [0.1, 0.15) is 12.3 Å². The van der Waals surface area contributed by atoms with E-state index in [1.165, 1.54) is 7.05 Å². The van der Waals surface area contributed by atoms with Crippen molar-refractivity contribution in [2.24, 2.45) is 5.73 Å². The lowest BCUT2D eigenvalue weighted by atomic mass is 10.3. The summed E-state index contributed by atoms with van der Waals surface area (Å²) in [5.74, 6) is 0. The number of ether oxygens (including phenoxy) is 1. The minimum Gasteiger partial charge on any atom is -0.448 e. The fourth-order valence-corrected chi connectivity index (χ4v) is 2.49. The molecule has 0 saturated heterocycles. The molecule has 0 spiro atoms. The molecule has 1 rings (SSSR count). The van der Waals surface area contributed by atoms with Crippen LogP contribution in [0.2, 0.25) is 0 Å². The van der Waals surface area contributed by atoms with Crippen LogP contribution >= 0.6 is 0 Å². The summed E-state index contributed by atoms with van der Waals surface area (Å²) in [6.07, 6.45) is -1.01. The number of nitro groups is 1. The lowest BCUT2D eigenvalue weighted by Gasteiger charge is -2.08. The molecular formula is C10H14N4O6S. The van der Waals surface area contributed by atoms with Crippen molar-refractivity contribution in [3.63, 3.8) is 0 Å². The molecule has 1 amide bonds. The Morgan fingerprint density at radius 1 is 1.48 bits per heavy atom. The van der Waals surface area contributed by atoms with Gasteiger partial charge in [0, 0.05) is 19.7 Å². The highest BCUT2D eigenvalue weighted by molar-refractivity contribution is 7.89. The minimum atomic E-state index is -3.88. The third kappa shape index (κ3) is 4.57. The molecule has 116 valence electrons. The van der Waals surface area contributed by atoms with Crippen LogP contribution in [0.4, 0.5) is 16.2 Å². The number of hydrogen-bond donors (Lipinski definition) is 3. The van der Waals surface area contributed by atoms with Gasteiger partial charge in [-0.05, 0) is 12.1 Å². The second-order valence-electron chi connectivity index (χ2n) is 3.75. The fourth-order valence-electron chi connectivity index (χ4n) is 1.45. The monoisotopic (exact) mass is 318 g/mol. The van der Waals surface area contributed by atoms with E-state index in [0.717, 1.165) is 18.2 Å². The molecule has 11 heteroatoms. The lowest BCUT2D eigenvalue weighted by Crippen LogP contribution is -2.29. The van der Waals surface area contributed by atoms with Crippen molar-refractivity contribution < 1.29 is 22.9 Å². The lowest BCUT2D eigenvalue weighted by molar-refractivity contribution is -0.384. The molecule has 0 unspecified atom stereocenters. The highest BCUT2D eigenvalue weighted by Gasteiger charge is 2.19.